The molecule has 2 rings (SSSR count). The first kappa shape index (κ1) is 22.8. The molecule has 0 fully saturated rings. The van der Waals surface area contributed by atoms with Crippen LogP contribution in [0.1, 0.15) is 12.6 Å². The van der Waals surface area contributed by atoms with Gasteiger partial charge >= 0.3 is 6.18 Å². The maximum absolute atomic E-state index is 12.8. The van der Waals surface area contributed by atoms with Crippen LogP contribution in [0.2, 0.25) is 0 Å². The van der Waals surface area contributed by atoms with E-state index in [9.17, 15) is 13.2 Å². The number of nitrogens with zero attached hydrogens (tertiary/aromatic N) is 5. The molecule has 0 aliphatic heterocycles. The van der Waals surface area contributed by atoms with Crippen molar-refractivity contribution in [1.82, 2.24) is 14.5 Å². The lowest BCUT2D eigenvalue weighted by Gasteiger charge is -2.08. The maximum Gasteiger partial charge on any atom is 0.430 e. The van der Waals surface area contributed by atoms with E-state index in [-0.39, 0.29) is 22.9 Å². The molecule has 0 radical (unpaired) electrons. The average Bonchev–Trinajstić information content (AvgIpc) is 2.97. The number of hydrogen-bond acceptors (Lipinski definition) is 8. The summed E-state index contributed by atoms with van der Waals surface area (Å²) < 4.78 is 39.7. The highest BCUT2D eigenvalue weighted by Gasteiger charge is 2.32. The van der Waals surface area contributed by atoms with E-state index in [0.29, 0.717) is 28.1 Å². The number of nitriles is 1. The zero-order chi connectivity index (χ0) is 22.5. The van der Waals surface area contributed by atoms with Gasteiger partial charge in [-0.05, 0) is 17.9 Å². The number of alkyl halides is 3. The lowest BCUT2D eigenvalue weighted by atomic mass is 10.3. The molecule has 0 unspecified atom stereocenters. The lowest BCUT2D eigenvalue weighted by molar-refractivity contribution is -0.0916. The first-order chi connectivity index (χ1) is 14.1. The fraction of sp³-hybridized carbons (Fsp3) is 0.222. The summed E-state index contributed by atoms with van der Waals surface area (Å²) in [5.41, 5.74) is 16.0. The average molecular weight is 436 g/mol. The van der Waals surface area contributed by atoms with E-state index < -0.39 is 11.9 Å². The Balaban J connectivity index is 2.54. The van der Waals surface area contributed by atoms with Gasteiger partial charge in [0.15, 0.2) is 5.82 Å². The van der Waals surface area contributed by atoms with Crippen LogP contribution in [0.25, 0.3) is 17.6 Å². The van der Waals surface area contributed by atoms with Crippen molar-refractivity contribution >= 4 is 35.6 Å². The van der Waals surface area contributed by atoms with E-state index in [2.05, 4.69) is 15.0 Å². The zero-order valence-electron chi connectivity index (χ0n) is 16.1. The second-order valence-electron chi connectivity index (χ2n) is 5.83. The van der Waals surface area contributed by atoms with E-state index in [0.717, 1.165) is 6.20 Å². The quantitative estimate of drug-likeness (QED) is 0.358. The molecule has 2 aromatic heterocycles. The van der Waals surface area contributed by atoms with Gasteiger partial charge < -0.3 is 21.8 Å². The van der Waals surface area contributed by atoms with E-state index >= 15 is 0 Å². The van der Waals surface area contributed by atoms with E-state index in [4.69, 9.17) is 22.5 Å². The second-order valence-corrected chi connectivity index (χ2v) is 7.13. The highest BCUT2D eigenvalue weighted by molar-refractivity contribution is 7.99. The Morgan fingerprint density at radius 3 is 2.70 bits per heavy atom. The van der Waals surface area contributed by atoms with E-state index in [1.54, 1.807) is 13.1 Å². The minimum atomic E-state index is -4.69. The number of aromatic nitrogens is 3. The molecule has 0 saturated heterocycles. The first-order valence-electron chi connectivity index (χ1n) is 8.48. The third kappa shape index (κ3) is 5.12. The smallest absolute Gasteiger partial charge is 0.403 e. The van der Waals surface area contributed by atoms with Crippen molar-refractivity contribution in [3.05, 3.63) is 35.4 Å². The van der Waals surface area contributed by atoms with Gasteiger partial charge in [-0.15, -0.1) is 11.8 Å². The van der Waals surface area contributed by atoms with Crippen LogP contribution in [0.15, 0.2) is 39.6 Å². The number of pyridine rings is 1. The predicted molar refractivity (Wildman–Crippen MR) is 112 cm³/mol. The van der Waals surface area contributed by atoms with Crippen molar-refractivity contribution in [1.29, 1.82) is 5.26 Å². The highest BCUT2D eigenvalue weighted by atomic mass is 32.2. The number of allylic oxidation sites excluding steroid dienone is 2. The van der Waals surface area contributed by atoms with Crippen molar-refractivity contribution in [2.45, 2.75) is 18.0 Å². The third-order valence-electron chi connectivity index (χ3n) is 3.80. The largest absolute Gasteiger partial charge is 0.430 e. The Morgan fingerprint density at radius 1 is 1.43 bits per heavy atom. The van der Waals surface area contributed by atoms with Crippen molar-refractivity contribution < 1.29 is 13.2 Å². The van der Waals surface area contributed by atoms with Gasteiger partial charge in [-0.25, -0.2) is 9.97 Å². The molecule has 0 aliphatic carbocycles. The number of thioether (sulfide) groups is 1. The normalized spacial score (nSPS) is 13.1. The summed E-state index contributed by atoms with van der Waals surface area (Å²) in [7, 11) is 1.57. The summed E-state index contributed by atoms with van der Waals surface area (Å²) in [5.74, 6) is 0.988. The van der Waals surface area contributed by atoms with Crippen LogP contribution in [0.3, 0.4) is 0 Å². The van der Waals surface area contributed by atoms with Crippen molar-refractivity contribution in [3.8, 4) is 17.6 Å². The summed E-state index contributed by atoms with van der Waals surface area (Å²) in [6.45, 7) is 1.93. The molecule has 2 aromatic rings. The number of imidazole rings is 1. The number of nitrogens with two attached hydrogens (primary N) is 3. The van der Waals surface area contributed by atoms with Gasteiger partial charge in [0.25, 0.3) is 0 Å². The van der Waals surface area contributed by atoms with Gasteiger partial charge in [0.05, 0.1) is 17.5 Å². The second kappa shape index (κ2) is 9.36. The summed E-state index contributed by atoms with van der Waals surface area (Å²) >= 11 is 1.44. The van der Waals surface area contributed by atoms with Crippen molar-refractivity contribution in [3.63, 3.8) is 0 Å². The fourth-order valence-corrected chi connectivity index (χ4v) is 3.07. The molecule has 0 saturated carbocycles. The Hall–Kier alpha value is -3.46. The van der Waals surface area contributed by atoms with Crippen LogP contribution >= 0.6 is 11.8 Å². The summed E-state index contributed by atoms with van der Waals surface area (Å²) in [6.07, 6.45) is -0.121. The molecule has 0 atom stereocenters. The monoisotopic (exact) mass is 436 g/mol. The Bertz CT molecular complexity index is 1060. The topological polar surface area (TPSA) is 145 Å². The van der Waals surface area contributed by atoms with E-state index in [1.807, 2.05) is 13.0 Å². The molecule has 12 heteroatoms. The lowest BCUT2D eigenvalue weighted by Crippen LogP contribution is -2.19. The van der Waals surface area contributed by atoms with Gasteiger partial charge in [0, 0.05) is 24.4 Å². The molecular weight excluding hydrogens is 417 g/mol. The van der Waals surface area contributed by atoms with Crippen molar-refractivity contribution in [2.75, 3.05) is 11.5 Å². The Labute approximate surface area is 175 Å². The SMILES string of the molecule is CCSc1cc(N=CC(C#N)=CN)cnc1-c1nc(/C=C(\N)C(F)(F)F)c(N)n1C. The molecule has 0 aromatic carbocycles. The van der Waals surface area contributed by atoms with Gasteiger partial charge in [-0.1, -0.05) is 6.92 Å². The standard InChI is InChI=1S/C18H19F3N8S/c1-3-30-13-4-11(26-8-10(6-22)7-23)9-27-15(13)17-28-12(16(25)29(17)2)5-14(24)18(19,20)21/h4-6,8-9H,3,22,24-25H2,1-2H3/b10-6?,14-5-,26-8?. The van der Waals surface area contributed by atoms with Crippen LogP contribution in [0, 0.1) is 11.3 Å². The molecule has 0 amide bonds. The Kier molecular flexibility index (Phi) is 7.12. The molecule has 0 spiro atoms. The number of halogens is 3. The third-order valence-corrected chi connectivity index (χ3v) is 4.71. The van der Waals surface area contributed by atoms with Crippen molar-refractivity contribution in [2.24, 2.45) is 23.5 Å². The van der Waals surface area contributed by atoms with Gasteiger partial charge in [0.1, 0.15) is 29.0 Å². The molecule has 2 heterocycles. The first-order valence-corrected chi connectivity index (χ1v) is 9.46. The number of rotatable bonds is 6. The van der Waals surface area contributed by atoms with Gasteiger partial charge in [-0.3, -0.25) is 4.99 Å². The van der Waals surface area contributed by atoms with Crippen LogP contribution in [-0.2, 0) is 7.05 Å². The number of hydrogen-bond donors (Lipinski definition) is 3. The molecule has 6 N–H and O–H groups in total. The highest BCUT2D eigenvalue weighted by Crippen LogP contribution is 2.34. The molecular formula is C18H19F3N8S. The van der Waals surface area contributed by atoms with Crippen LogP contribution in [0.5, 0.6) is 0 Å². The van der Waals surface area contributed by atoms with Crippen LogP contribution < -0.4 is 17.2 Å². The van der Waals surface area contributed by atoms with Gasteiger partial charge in [-0.2, -0.15) is 18.4 Å². The van der Waals surface area contributed by atoms with Crippen LogP contribution in [0.4, 0.5) is 24.7 Å². The fourth-order valence-electron chi connectivity index (χ4n) is 2.27. The summed E-state index contributed by atoms with van der Waals surface area (Å²) in [4.78, 5) is 13.4. The molecule has 0 aliphatic rings. The summed E-state index contributed by atoms with van der Waals surface area (Å²) in [6, 6.07) is 3.60. The van der Waals surface area contributed by atoms with Gasteiger partial charge in [0.2, 0.25) is 0 Å². The predicted octanol–water partition coefficient (Wildman–Crippen LogP) is 3.11. The number of anilines is 1. The minimum absolute atomic E-state index is 0.0142. The Morgan fingerprint density at radius 2 is 2.13 bits per heavy atom. The maximum atomic E-state index is 12.8. The number of aliphatic imine (C=N–C) groups is 1. The van der Waals surface area contributed by atoms with E-state index in [1.165, 1.54) is 28.7 Å². The molecule has 8 nitrogen and oxygen atoms in total. The zero-order valence-corrected chi connectivity index (χ0v) is 16.9. The molecule has 0 bridgehead atoms. The van der Waals surface area contributed by atoms with Crippen LogP contribution in [-0.4, -0.2) is 32.7 Å². The molecule has 158 valence electrons. The summed E-state index contributed by atoms with van der Waals surface area (Å²) in [5, 5.41) is 8.89. The molecule has 30 heavy (non-hydrogen) atoms. The minimum Gasteiger partial charge on any atom is -0.403 e. The number of nitrogen functional groups attached to an aromatic ring is 1.